The fourth-order valence-corrected chi connectivity index (χ4v) is 3.64. The minimum Gasteiger partial charge on any atom is -0.390 e. The molecule has 1 aromatic heterocycles. The first-order chi connectivity index (χ1) is 10.0. The molecule has 0 radical (unpaired) electrons. The summed E-state index contributed by atoms with van der Waals surface area (Å²) in [6.07, 6.45) is 8.19. The number of hydrogen-bond donors (Lipinski definition) is 1. The summed E-state index contributed by atoms with van der Waals surface area (Å²) < 4.78 is 0. The molecule has 3 rings (SSSR count). The number of amides is 1. The second kappa shape index (κ2) is 5.76. The lowest BCUT2D eigenvalue weighted by Gasteiger charge is -2.43. The van der Waals surface area contributed by atoms with E-state index in [2.05, 4.69) is 17.1 Å². The van der Waals surface area contributed by atoms with Gasteiger partial charge in [0.2, 0.25) is 5.91 Å². The van der Waals surface area contributed by atoms with E-state index in [1.807, 2.05) is 24.2 Å². The van der Waals surface area contributed by atoms with Gasteiger partial charge in [-0.25, -0.2) is 0 Å². The highest BCUT2D eigenvalue weighted by Gasteiger charge is 2.44. The highest BCUT2D eigenvalue weighted by molar-refractivity contribution is 5.80. The lowest BCUT2D eigenvalue weighted by atomic mass is 9.71. The molecule has 114 valence electrons. The van der Waals surface area contributed by atoms with Crippen LogP contribution in [-0.2, 0) is 11.2 Å². The average Bonchev–Trinajstić information content (AvgIpc) is 2.46. The second-order valence-electron chi connectivity index (χ2n) is 6.93. The van der Waals surface area contributed by atoms with Crippen LogP contribution in [0.4, 0.5) is 0 Å². The zero-order valence-corrected chi connectivity index (χ0v) is 12.7. The number of piperidine rings is 1. The zero-order chi connectivity index (χ0) is 14.9. The van der Waals surface area contributed by atoms with E-state index in [4.69, 9.17) is 0 Å². The van der Waals surface area contributed by atoms with Crippen molar-refractivity contribution in [2.24, 2.45) is 11.8 Å². The van der Waals surface area contributed by atoms with Crippen molar-refractivity contribution in [2.45, 2.75) is 44.6 Å². The molecule has 2 fully saturated rings. The molecular weight excluding hydrogens is 264 g/mol. The molecule has 4 nitrogen and oxygen atoms in total. The smallest absolute Gasteiger partial charge is 0.225 e. The van der Waals surface area contributed by atoms with Crippen LogP contribution in [0, 0.1) is 11.8 Å². The van der Waals surface area contributed by atoms with Gasteiger partial charge in [0.15, 0.2) is 0 Å². The summed E-state index contributed by atoms with van der Waals surface area (Å²) in [4.78, 5) is 18.4. The number of aromatic nitrogens is 1. The van der Waals surface area contributed by atoms with Crippen molar-refractivity contribution >= 4 is 5.91 Å². The molecule has 4 heteroatoms. The molecule has 0 spiro atoms. The van der Waals surface area contributed by atoms with E-state index in [1.165, 1.54) is 5.56 Å². The van der Waals surface area contributed by atoms with Crippen molar-refractivity contribution in [2.75, 3.05) is 13.1 Å². The van der Waals surface area contributed by atoms with E-state index in [1.54, 1.807) is 0 Å². The van der Waals surface area contributed by atoms with Crippen LogP contribution in [-0.4, -0.2) is 39.6 Å². The summed E-state index contributed by atoms with van der Waals surface area (Å²) in [5, 5.41) is 9.76. The molecule has 0 unspecified atom stereocenters. The van der Waals surface area contributed by atoms with E-state index in [0.29, 0.717) is 18.8 Å². The number of aliphatic hydroxyl groups is 1. The molecule has 1 saturated carbocycles. The first kappa shape index (κ1) is 14.5. The summed E-state index contributed by atoms with van der Waals surface area (Å²) >= 11 is 0. The highest BCUT2D eigenvalue weighted by Crippen LogP contribution is 2.39. The Morgan fingerprint density at radius 2 is 1.95 bits per heavy atom. The Morgan fingerprint density at radius 1 is 1.33 bits per heavy atom. The highest BCUT2D eigenvalue weighted by atomic mass is 16.3. The lowest BCUT2D eigenvalue weighted by Crippen LogP contribution is -2.51. The number of carbonyl (C=O) groups is 1. The third-order valence-electron chi connectivity index (χ3n) is 4.92. The fraction of sp³-hybridized carbons (Fsp3) is 0.647. The number of pyridine rings is 1. The summed E-state index contributed by atoms with van der Waals surface area (Å²) in [7, 11) is 0. The minimum absolute atomic E-state index is 0.0525. The van der Waals surface area contributed by atoms with E-state index in [9.17, 15) is 9.90 Å². The van der Waals surface area contributed by atoms with Crippen molar-refractivity contribution in [3.8, 4) is 0 Å². The molecule has 1 aromatic rings. The van der Waals surface area contributed by atoms with Crippen LogP contribution in [0.2, 0.25) is 0 Å². The van der Waals surface area contributed by atoms with E-state index >= 15 is 0 Å². The summed E-state index contributed by atoms with van der Waals surface area (Å²) in [6, 6.07) is 4.15. The fourth-order valence-electron chi connectivity index (χ4n) is 3.64. The lowest BCUT2D eigenvalue weighted by molar-refractivity contribution is -0.151. The van der Waals surface area contributed by atoms with Gasteiger partial charge in [-0.05, 0) is 62.6 Å². The van der Waals surface area contributed by atoms with Crippen molar-refractivity contribution in [3.05, 3.63) is 30.1 Å². The maximum Gasteiger partial charge on any atom is 0.225 e. The van der Waals surface area contributed by atoms with Crippen LogP contribution in [0.3, 0.4) is 0 Å². The van der Waals surface area contributed by atoms with Crippen molar-refractivity contribution in [1.82, 2.24) is 9.88 Å². The Morgan fingerprint density at radius 3 is 2.52 bits per heavy atom. The minimum atomic E-state index is -0.611. The largest absolute Gasteiger partial charge is 0.390 e. The van der Waals surface area contributed by atoms with Gasteiger partial charge in [0.1, 0.15) is 0 Å². The molecule has 0 atom stereocenters. The first-order valence-corrected chi connectivity index (χ1v) is 7.93. The van der Waals surface area contributed by atoms with Gasteiger partial charge in [0.25, 0.3) is 0 Å². The van der Waals surface area contributed by atoms with E-state index in [-0.39, 0.29) is 11.8 Å². The van der Waals surface area contributed by atoms with Gasteiger partial charge in [0.05, 0.1) is 5.60 Å². The second-order valence-corrected chi connectivity index (χ2v) is 6.93. The number of rotatable bonds is 3. The van der Waals surface area contributed by atoms with Crippen molar-refractivity contribution < 1.29 is 9.90 Å². The Kier molecular flexibility index (Phi) is 3.98. The van der Waals surface area contributed by atoms with Gasteiger partial charge in [-0.2, -0.15) is 0 Å². The predicted octanol–water partition coefficient (Wildman–Crippen LogP) is 2.02. The third-order valence-corrected chi connectivity index (χ3v) is 4.92. The molecule has 21 heavy (non-hydrogen) atoms. The first-order valence-electron chi connectivity index (χ1n) is 7.93. The monoisotopic (exact) mass is 288 g/mol. The van der Waals surface area contributed by atoms with Gasteiger partial charge in [0, 0.05) is 31.4 Å². The molecule has 1 aliphatic carbocycles. The number of hydrogen-bond acceptors (Lipinski definition) is 3. The summed E-state index contributed by atoms with van der Waals surface area (Å²) in [5.41, 5.74) is 0.727. The number of likely N-dealkylation sites (tertiary alicyclic amines) is 1. The van der Waals surface area contributed by atoms with Gasteiger partial charge in [-0.15, -0.1) is 0 Å². The van der Waals surface area contributed by atoms with Crippen molar-refractivity contribution in [1.29, 1.82) is 0 Å². The van der Waals surface area contributed by atoms with Gasteiger partial charge in [-0.3, -0.25) is 9.78 Å². The Balaban J connectivity index is 1.46. The topological polar surface area (TPSA) is 53.4 Å². The van der Waals surface area contributed by atoms with Gasteiger partial charge < -0.3 is 10.0 Å². The van der Waals surface area contributed by atoms with Gasteiger partial charge >= 0.3 is 0 Å². The number of carbonyl (C=O) groups excluding carboxylic acids is 1. The molecule has 1 amide bonds. The predicted molar refractivity (Wildman–Crippen MR) is 80.6 cm³/mol. The number of nitrogens with zero attached hydrogens (tertiary/aromatic N) is 2. The van der Waals surface area contributed by atoms with Gasteiger partial charge in [-0.1, -0.05) is 0 Å². The van der Waals surface area contributed by atoms with Crippen LogP contribution in [0.15, 0.2) is 24.5 Å². The van der Waals surface area contributed by atoms with E-state index in [0.717, 1.165) is 32.4 Å². The molecule has 2 aliphatic rings. The Hall–Kier alpha value is -1.42. The van der Waals surface area contributed by atoms with Crippen LogP contribution in [0.1, 0.15) is 38.2 Å². The maximum absolute atomic E-state index is 12.3. The molecule has 0 bridgehead atoms. The normalized spacial score (nSPS) is 30.0. The molecular formula is C17H24N2O2. The molecule has 1 N–H and O–H groups in total. The average molecular weight is 288 g/mol. The molecule has 1 aliphatic heterocycles. The van der Waals surface area contributed by atoms with E-state index < -0.39 is 5.60 Å². The zero-order valence-electron chi connectivity index (χ0n) is 12.7. The van der Waals surface area contributed by atoms with Crippen LogP contribution in [0.25, 0.3) is 0 Å². The van der Waals surface area contributed by atoms with Crippen LogP contribution >= 0.6 is 0 Å². The molecule has 2 heterocycles. The summed E-state index contributed by atoms with van der Waals surface area (Å²) in [6.45, 7) is 3.55. The maximum atomic E-state index is 12.3. The van der Waals surface area contributed by atoms with Crippen LogP contribution in [0.5, 0.6) is 0 Å². The standard InChI is InChI=1S/C17H24N2O2/c1-17(21)11-15(12-17)16(20)19-8-4-14(5-9-19)10-13-2-6-18-7-3-13/h2-3,6-7,14-15,21H,4-5,8-12H2,1H3. The quantitative estimate of drug-likeness (QED) is 0.926. The van der Waals surface area contributed by atoms with Crippen molar-refractivity contribution in [3.63, 3.8) is 0 Å². The molecule has 1 saturated heterocycles. The molecule has 0 aromatic carbocycles. The Bertz CT molecular complexity index is 485. The summed E-state index contributed by atoms with van der Waals surface area (Å²) in [5.74, 6) is 0.974. The van der Waals surface area contributed by atoms with Crippen LogP contribution < -0.4 is 0 Å². The SMILES string of the molecule is CC1(O)CC(C(=O)N2CCC(Cc3ccncc3)CC2)C1. The third kappa shape index (κ3) is 3.43. The Labute approximate surface area is 126 Å².